The molecule has 0 aromatic heterocycles. The van der Waals surface area contributed by atoms with E-state index in [1.54, 1.807) is 58.9 Å². The van der Waals surface area contributed by atoms with Gasteiger partial charge in [0.25, 0.3) is 0 Å². The average molecular weight is 446 g/mol. The van der Waals surface area contributed by atoms with Crippen molar-refractivity contribution >= 4 is 23.6 Å². The average Bonchev–Trinajstić information content (AvgIpc) is 2.86. The Morgan fingerprint density at radius 2 is 1.42 bits per heavy atom. The molecule has 0 spiro atoms. The lowest BCUT2D eigenvalue weighted by Crippen LogP contribution is -1.96. The van der Waals surface area contributed by atoms with E-state index in [1.165, 1.54) is 6.08 Å². The second-order valence-electron chi connectivity index (χ2n) is 6.99. The molecule has 3 rings (SSSR count). The van der Waals surface area contributed by atoms with Gasteiger partial charge >= 0.3 is 0 Å². The Morgan fingerprint density at radius 1 is 0.758 bits per heavy atom. The third-order valence-corrected chi connectivity index (χ3v) is 4.90. The zero-order chi connectivity index (χ0) is 23.6. The molecule has 0 aliphatic heterocycles. The summed E-state index contributed by atoms with van der Waals surface area (Å²) in [6.07, 6.45) is 7.08. The Labute approximate surface area is 194 Å². The van der Waals surface area contributed by atoms with Crippen molar-refractivity contribution in [2.75, 3.05) is 33.8 Å². The number of carbonyl (C=O) groups is 1. The Hall–Kier alpha value is -4.19. The van der Waals surface area contributed by atoms with Crippen molar-refractivity contribution in [2.24, 2.45) is 0 Å². The summed E-state index contributed by atoms with van der Waals surface area (Å²) in [4.78, 5) is 12.3. The van der Waals surface area contributed by atoms with Gasteiger partial charge in [0.15, 0.2) is 17.3 Å². The lowest BCUT2D eigenvalue weighted by molar-refractivity contribution is 0.104. The van der Waals surface area contributed by atoms with E-state index in [0.29, 0.717) is 28.6 Å². The third-order valence-electron chi connectivity index (χ3n) is 4.90. The molecule has 0 aliphatic rings. The normalized spacial score (nSPS) is 10.9. The second-order valence-corrected chi connectivity index (χ2v) is 6.99. The van der Waals surface area contributed by atoms with Crippen molar-refractivity contribution in [1.82, 2.24) is 0 Å². The van der Waals surface area contributed by atoms with E-state index in [9.17, 15) is 4.79 Å². The van der Waals surface area contributed by atoms with E-state index in [4.69, 9.17) is 18.9 Å². The van der Waals surface area contributed by atoms with Crippen molar-refractivity contribution in [3.8, 4) is 23.0 Å². The number of hydrogen-bond acceptors (Lipinski definition) is 6. The van der Waals surface area contributed by atoms with Gasteiger partial charge in [0.2, 0.25) is 5.75 Å². The van der Waals surface area contributed by atoms with Gasteiger partial charge in [-0.05, 0) is 59.7 Å². The van der Waals surface area contributed by atoms with E-state index in [0.717, 1.165) is 16.8 Å². The first kappa shape index (κ1) is 23.5. The number of anilines is 1. The Bertz CT molecular complexity index is 1120. The SMILES string of the molecule is COc1ccc(C(=O)/C=C\Nc2cccc(/C=C\c3cc(OC)c(OC)c(OC)c3)c2)cc1. The number of carbonyl (C=O) groups excluding carboxylic acids is 1. The van der Waals surface area contributed by atoms with Crippen LogP contribution >= 0.6 is 0 Å². The molecule has 0 heterocycles. The van der Waals surface area contributed by atoms with Crippen LogP contribution in [-0.2, 0) is 0 Å². The molecule has 3 aromatic rings. The van der Waals surface area contributed by atoms with Crippen LogP contribution in [0.25, 0.3) is 12.2 Å². The first-order valence-electron chi connectivity index (χ1n) is 10.3. The topological polar surface area (TPSA) is 66.0 Å². The van der Waals surface area contributed by atoms with Gasteiger partial charge < -0.3 is 24.3 Å². The molecule has 0 bridgehead atoms. The molecule has 0 saturated heterocycles. The molecule has 0 unspecified atom stereocenters. The van der Waals surface area contributed by atoms with Gasteiger partial charge in [-0.2, -0.15) is 0 Å². The predicted molar refractivity (Wildman–Crippen MR) is 132 cm³/mol. The van der Waals surface area contributed by atoms with Crippen LogP contribution in [0.4, 0.5) is 5.69 Å². The first-order valence-corrected chi connectivity index (χ1v) is 10.3. The molecule has 1 N–H and O–H groups in total. The molecule has 0 atom stereocenters. The summed E-state index contributed by atoms with van der Waals surface area (Å²) in [5.74, 6) is 2.37. The van der Waals surface area contributed by atoms with Crippen LogP contribution in [0, 0.1) is 0 Å². The number of rotatable bonds is 10. The number of ketones is 1. The Kier molecular flexibility index (Phi) is 8.13. The number of nitrogens with one attached hydrogen (secondary N) is 1. The smallest absolute Gasteiger partial charge is 0.203 e. The van der Waals surface area contributed by atoms with Crippen molar-refractivity contribution in [3.63, 3.8) is 0 Å². The molecule has 0 radical (unpaired) electrons. The van der Waals surface area contributed by atoms with Gasteiger partial charge in [0.1, 0.15) is 5.75 Å². The molecular formula is C27H27NO5. The number of ether oxygens (including phenoxy) is 4. The Balaban J connectivity index is 1.69. The minimum Gasteiger partial charge on any atom is -0.497 e. The van der Waals surface area contributed by atoms with Crippen LogP contribution in [0.2, 0.25) is 0 Å². The lowest BCUT2D eigenvalue weighted by atomic mass is 10.1. The fraction of sp³-hybridized carbons (Fsp3) is 0.148. The molecule has 3 aromatic carbocycles. The molecule has 0 amide bonds. The monoisotopic (exact) mass is 445 g/mol. The van der Waals surface area contributed by atoms with Crippen molar-refractivity contribution in [3.05, 3.63) is 89.6 Å². The highest BCUT2D eigenvalue weighted by atomic mass is 16.5. The lowest BCUT2D eigenvalue weighted by Gasteiger charge is -2.12. The zero-order valence-corrected chi connectivity index (χ0v) is 19.1. The van der Waals surface area contributed by atoms with Crippen LogP contribution in [-0.4, -0.2) is 34.2 Å². The zero-order valence-electron chi connectivity index (χ0n) is 19.1. The Morgan fingerprint density at radius 3 is 2.03 bits per heavy atom. The predicted octanol–water partition coefficient (Wildman–Crippen LogP) is 5.70. The third kappa shape index (κ3) is 6.17. The van der Waals surface area contributed by atoms with Gasteiger partial charge in [-0.1, -0.05) is 24.3 Å². The maximum Gasteiger partial charge on any atom is 0.203 e. The molecule has 6 nitrogen and oxygen atoms in total. The number of methoxy groups -OCH3 is 4. The van der Waals surface area contributed by atoms with E-state index >= 15 is 0 Å². The highest BCUT2D eigenvalue weighted by Gasteiger charge is 2.12. The van der Waals surface area contributed by atoms with Crippen molar-refractivity contribution < 1.29 is 23.7 Å². The van der Waals surface area contributed by atoms with Crippen LogP contribution in [0.1, 0.15) is 21.5 Å². The second kappa shape index (κ2) is 11.4. The summed E-state index contributed by atoms with van der Waals surface area (Å²) < 4.78 is 21.3. The fourth-order valence-electron chi connectivity index (χ4n) is 3.19. The maximum atomic E-state index is 12.3. The minimum absolute atomic E-state index is 0.0939. The van der Waals surface area contributed by atoms with E-state index in [2.05, 4.69) is 5.32 Å². The summed E-state index contributed by atoms with van der Waals surface area (Å²) in [7, 11) is 6.35. The highest BCUT2D eigenvalue weighted by Crippen LogP contribution is 2.38. The molecule has 0 saturated carbocycles. The van der Waals surface area contributed by atoms with Gasteiger partial charge in [-0.15, -0.1) is 0 Å². The van der Waals surface area contributed by atoms with Gasteiger partial charge in [-0.25, -0.2) is 0 Å². The van der Waals surface area contributed by atoms with Crippen LogP contribution < -0.4 is 24.3 Å². The highest BCUT2D eigenvalue weighted by molar-refractivity contribution is 6.04. The molecule has 170 valence electrons. The first-order chi connectivity index (χ1) is 16.1. The molecule has 33 heavy (non-hydrogen) atoms. The number of allylic oxidation sites excluding steroid dienone is 1. The molecule has 6 heteroatoms. The maximum absolute atomic E-state index is 12.3. The quantitative estimate of drug-likeness (QED) is 0.245. The summed E-state index contributed by atoms with van der Waals surface area (Å²) in [5.41, 5.74) is 3.35. The van der Waals surface area contributed by atoms with Gasteiger partial charge in [-0.3, -0.25) is 4.79 Å². The number of hydrogen-bond donors (Lipinski definition) is 1. The summed E-state index contributed by atoms with van der Waals surface area (Å²) in [5, 5.41) is 3.14. The van der Waals surface area contributed by atoms with E-state index < -0.39 is 0 Å². The molecular weight excluding hydrogens is 418 g/mol. The summed E-state index contributed by atoms with van der Waals surface area (Å²) in [6, 6.07) is 18.6. The van der Waals surface area contributed by atoms with Crippen molar-refractivity contribution in [2.45, 2.75) is 0 Å². The van der Waals surface area contributed by atoms with E-state index in [1.807, 2.05) is 48.6 Å². The van der Waals surface area contributed by atoms with Crippen LogP contribution in [0.5, 0.6) is 23.0 Å². The fourth-order valence-corrected chi connectivity index (χ4v) is 3.19. The van der Waals surface area contributed by atoms with Crippen LogP contribution in [0.15, 0.2) is 72.9 Å². The summed E-state index contributed by atoms with van der Waals surface area (Å²) >= 11 is 0. The largest absolute Gasteiger partial charge is 0.497 e. The van der Waals surface area contributed by atoms with Crippen LogP contribution in [0.3, 0.4) is 0 Å². The van der Waals surface area contributed by atoms with Gasteiger partial charge in [0.05, 0.1) is 28.4 Å². The van der Waals surface area contributed by atoms with Gasteiger partial charge in [0, 0.05) is 23.5 Å². The minimum atomic E-state index is -0.0939. The van der Waals surface area contributed by atoms with Crippen molar-refractivity contribution in [1.29, 1.82) is 0 Å². The number of benzene rings is 3. The molecule has 0 aliphatic carbocycles. The van der Waals surface area contributed by atoms with E-state index in [-0.39, 0.29) is 5.78 Å². The standard InChI is InChI=1S/C27H27NO5/c1-30-23-12-10-21(11-13-23)24(29)14-15-28-22-7-5-6-19(16-22)8-9-20-17-25(31-2)27(33-4)26(18-20)32-3/h5-18,28H,1-4H3/b9-8-,15-14-. The summed E-state index contributed by atoms with van der Waals surface area (Å²) in [6.45, 7) is 0. The molecule has 0 fully saturated rings.